The van der Waals surface area contributed by atoms with Crippen LogP contribution in [0.3, 0.4) is 0 Å². The number of hydrogen-bond acceptors (Lipinski definition) is 2. The molecule has 0 radical (unpaired) electrons. The first-order valence-corrected chi connectivity index (χ1v) is 8.32. The van der Waals surface area contributed by atoms with E-state index in [4.69, 9.17) is 35.4 Å². The molecule has 102 valence electrons. The Balaban J connectivity index is 2.07. The predicted octanol–water partition coefficient (Wildman–Crippen LogP) is 5.57. The third kappa shape index (κ3) is 2.56. The van der Waals surface area contributed by atoms with Gasteiger partial charge in [0.05, 0.1) is 4.99 Å². The molecule has 0 aliphatic carbocycles. The van der Waals surface area contributed by atoms with E-state index < -0.39 is 0 Å². The Morgan fingerprint density at radius 2 is 1.65 bits per heavy atom. The summed E-state index contributed by atoms with van der Waals surface area (Å²) < 4.78 is 0. The largest absolute Gasteiger partial charge is 0.318 e. The number of thiocarbonyl (C=S) groups is 1. The molecule has 2 aromatic carbocycles. The second kappa shape index (κ2) is 5.94. The highest BCUT2D eigenvalue weighted by Gasteiger charge is 2.33. The van der Waals surface area contributed by atoms with Gasteiger partial charge >= 0.3 is 0 Å². The molecule has 5 heteroatoms. The van der Waals surface area contributed by atoms with E-state index in [0.717, 1.165) is 22.0 Å². The molecule has 1 nitrogen and oxygen atoms in total. The van der Waals surface area contributed by atoms with Crippen LogP contribution in [0.25, 0.3) is 0 Å². The zero-order chi connectivity index (χ0) is 14.1. The molecule has 1 aliphatic heterocycles. The van der Waals surface area contributed by atoms with Gasteiger partial charge in [-0.25, -0.2) is 0 Å². The van der Waals surface area contributed by atoms with E-state index in [0.29, 0.717) is 10.0 Å². The molecule has 2 aromatic rings. The number of thioether (sulfide) groups is 1. The SMILES string of the molecule is S=C1CSC(c2c(Cl)cccc2Cl)N1c1ccccc1. The van der Waals surface area contributed by atoms with E-state index in [-0.39, 0.29) is 5.37 Å². The van der Waals surface area contributed by atoms with Crippen LogP contribution in [0.5, 0.6) is 0 Å². The Morgan fingerprint density at radius 1 is 1.00 bits per heavy atom. The van der Waals surface area contributed by atoms with Crippen molar-refractivity contribution in [2.75, 3.05) is 10.7 Å². The van der Waals surface area contributed by atoms with E-state index in [2.05, 4.69) is 17.0 Å². The number of halogens is 2. The molecule has 1 saturated heterocycles. The van der Waals surface area contributed by atoms with Gasteiger partial charge in [0.15, 0.2) is 0 Å². The fourth-order valence-corrected chi connectivity index (χ4v) is 4.73. The van der Waals surface area contributed by atoms with E-state index >= 15 is 0 Å². The van der Waals surface area contributed by atoms with E-state index in [1.54, 1.807) is 11.8 Å². The summed E-state index contributed by atoms with van der Waals surface area (Å²) >= 11 is 19.9. The summed E-state index contributed by atoms with van der Waals surface area (Å²) in [4.78, 5) is 3.04. The number of anilines is 1. The summed E-state index contributed by atoms with van der Waals surface area (Å²) in [7, 11) is 0. The van der Waals surface area contributed by atoms with Crippen molar-refractivity contribution in [1.29, 1.82) is 0 Å². The van der Waals surface area contributed by atoms with Crippen molar-refractivity contribution in [3.63, 3.8) is 0 Å². The highest BCUT2D eigenvalue weighted by Crippen LogP contribution is 2.46. The van der Waals surface area contributed by atoms with Gasteiger partial charge in [-0.05, 0) is 24.3 Å². The lowest BCUT2D eigenvalue weighted by atomic mass is 10.2. The van der Waals surface area contributed by atoms with Gasteiger partial charge in [-0.15, -0.1) is 11.8 Å². The fourth-order valence-electron chi connectivity index (χ4n) is 2.25. The molecule has 1 atom stereocenters. The fraction of sp³-hybridized carbons (Fsp3) is 0.133. The van der Waals surface area contributed by atoms with Gasteiger partial charge in [0.1, 0.15) is 5.37 Å². The predicted molar refractivity (Wildman–Crippen MR) is 93.2 cm³/mol. The molecule has 20 heavy (non-hydrogen) atoms. The number of nitrogens with zero attached hydrogens (tertiary/aromatic N) is 1. The lowest BCUT2D eigenvalue weighted by Crippen LogP contribution is -2.26. The van der Waals surface area contributed by atoms with Gasteiger partial charge < -0.3 is 4.90 Å². The lowest BCUT2D eigenvalue weighted by Gasteiger charge is -2.27. The number of rotatable bonds is 2. The lowest BCUT2D eigenvalue weighted by molar-refractivity contribution is 1.01. The average molecular weight is 340 g/mol. The molecule has 0 amide bonds. The summed E-state index contributed by atoms with van der Waals surface area (Å²) in [5.41, 5.74) is 2.01. The topological polar surface area (TPSA) is 3.24 Å². The molecule has 1 heterocycles. The summed E-state index contributed by atoms with van der Waals surface area (Å²) in [5, 5.41) is 1.40. The van der Waals surface area contributed by atoms with E-state index in [9.17, 15) is 0 Å². The zero-order valence-electron chi connectivity index (χ0n) is 10.4. The summed E-state index contributed by atoms with van der Waals surface area (Å²) in [6, 6.07) is 15.7. The number of para-hydroxylation sites is 1. The molecule has 0 aromatic heterocycles. The van der Waals surface area contributed by atoms with Crippen LogP contribution in [0.2, 0.25) is 10.0 Å². The third-order valence-corrected chi connectivity index (χ3v) is 5.53. The maximum Gasteiger partial charge on any atom is 0.109 e. The Morgan fingerprint density at radius 3 is 2.30 bits per heavy atom. The quantitative estimate of drug-likeness (QED) is 0.658. The van der Waals surface area contributed by atoms with Crippen LogP contribution in [0.1, 0.15) is 10.9 Å². The van der Waals surface area contributed by atoms with Crippen molar-refractivity contribution in [2.45, 2.75) is 5.37 Å². The minimum atomic E-state index is 0.0334. The minimum Gasteiger partial charge on any atom is -0.318 e. The number of benzene rings is 2. The van der Waals surface area contributed by atoms with Gasteiger partial charge in [-0.3, -0.25) is 0 Å². The van der Waals surface area contributed by atoms with Crippen LogP contribution >= 0.6 is 47.2 Å². The van der Waals surface area contributed by atoms with Crippen LogP contribution in [-0.4, -0.2) is 10.7 Å². The molecular formula is C15H11Cl2NS2. The maximum atomic E-state index is 6.34. The van der Waals surface area contributed by atoms with Crippen molar-refractivity contribution in [3.05, 3.63) is 64.1 Å². The molecule has 1 aliphatic rings. The van der Waals surface area contributed by atoms with Gasteiger partial charge in [-0.2, -0.15) is 0 Å². The van der Waals surface area contributed by atoms with Crippen molar-refractivity contribution in [3.8, 4) is 0 Å². The van der Waals surface area contributed by atoms with Gasteiger partial charge in [0.25, 0.3) is 0 Å². The first-order chi connectivity index (χ1) is 9.68. The van der Waals surface area contributed by atoms with Crippen LogP contribution in [0, 0.1) is 0 Å². The van der Waals surface area contributed by atoms with Crippen LogP contribution in [0.15, 0.2) is 48.5 Å². The first-order valence-electron chi connectivity index (χ1n) is 6.11. The molecule has 0 spiro atoms. The highest BCUT2D eigenvalue weighted by molar-refractivity contribution is 8.02. The van der Waals surface area contributed by atoms with Crippen molar-refractivity contribution >= 4 is 57.9 Å². The van der Waals surface area contributed by atoms with Crippen molar-refractivity contribution in [2.24, 2.45) is 0 Å². The minimum absolute atomic E-state index is 0.0334. The normalized spacial score (nSPS) is 18.6. The molecule has 0 bridgehead atoms. The second-order valence-corrected chi connectivity index (χ2v) is 6.75. The van der Waals surface area contributed by atoms with Crippen LogP contribution in [-0.2, 0) is 0 Å². The standard InChI is InChI=1S/C15H11Cl2NS2/c16-11-7-4-8-12(17)14(11)15-18(13(19)9-20-15)10-5-2-1-3-6-10/h1-8,15H,9H2. The monoisotopic (exact) mass is 339 g/mol. The van der Waals surface area contributed by atoms with Gasteiger partial charge in [0.2, 0.25) is 0 Å². The molecule has 0 saturated carbocycles. The number of hydrogen-bond donors (Lipinski definition) is 0. The van der Waals surface area contributed by atoms with Gasteiger partial charge in [0, 0.05) is 27.0 Å². The van der Waals surface area contributed by atoms with E-state index in [1.165, 1.54) is 0 Å². The summed E-state index contributed by atoms with van der Waals surface area (Å²) in [5.74, 6) is 0.802. The van der Waals surface area contributed by atoms with E-state index in [1.807, 2.05) is 36.4 Å². The molecule has 3 rings (SSSR count). The van der Waals surface area contributed by atoms with Crippen molar-refractivity contribution < 1.29 is 0 Å². The van der Waals surface area contributed by atoms with Crippen LogP contribution < -0.4 is 4.90 Å². The second-order valence-electron chi connectivity index (χ2n) is 4.40. The molecular weight excluding hydrogens is 329 g/mol. The average Bonchev–Trinajstić information content (AvgIpc) is 2.81. The Bertz CT molecular complexity index is 625. The molecule has 0 N–H and O–H groups in total. The molecule has 1 unspecified atom stereocenters. The summed E-state index contributed by atoms with van der Waals surface area (Å²) in [6.07, 6.45) is 0. The van der Waals surface area contributed by atoms with Gasteiger partial charge in [-0.1, -0.05) is 59.7 Å². The zero-order valence-corrected chi connectivity index (χ0v) is 13.6. The smallest absolute Gasteiger partial charge is 0.109 e. The first kappa shape index (κ1) is 14.2. The van der Waals surface area contributed by atoms with Crippen molar-refractivity contribution in [1.82, 2.24) is 0 Å². The Kier molecular flexibility index (Phi) is 4.22. The Hall–Kier alpha value is -0.740. The van der Waals surface area contributed by atoms with Crippen LogP contribution in [0.4, 0.5) is 5.69 Å². The third-order valence-electron chi connectivity index (χ3n) is 3.15. The highest BCUT2D eigenvalue weighted by atomic mass is 35.5. The summed E-state index contributed by atoms with van der Waals surface area (Å²) in [6.45, 7) is 0. The maximum absolute atomic E-state index is 6.34. The molecule has 1 fully saturated rings. The Labute approximate surface area is 137 Å².